The van der Waals surface area contributed by atoms with Gasteiger partial charge in [-0.1, -0.05) is 36.4 Å². The number of hydrogen-bond acceptors (Lipinski definition) is 6. The molecule has 0 aromatic heterocycles. The third-order valence-corrected chi connectivity index (χ3v) is 3.14. The first kappa shape index (κ1) is 17.9. The number of amides is 1. The molecule has 2 rings (SSSR count). The lowest BCUT2D eigenvalue weighted by Gasteiger charge is -2.12. The molecule has 0 aliphatic heterocycles. The first-order valence-electron chi connectivity index (χ1n) is 7.45. The summed E-state index contributed by atoms with van der Waals surface area (Å²) in [5, 5.41) is 13.4. The highest BCUT2D eigenvalue weighted by atomic mass is 16.6. The Labute approximate surface area is 143 Å². The maximum absolute atomic E-state index is 11.8. The second kappa shape index (κ2) is 8.44. The first-order chi connectivity index (χ1) is 12.0. The molecule has 0 spiro atoms. The quantitative estimate of drug-likeness (QED) is 0.373. The molecule has 0 atom stereocenters. The van der Waals surface area contributed by atoms with E-state index in [2.05, 4.69) is 10.1 Å². The van der Waals surface area contributed by atoms with Crippen LogP contribution in [-0.2, 0) is 20.9 Å². The number of rotatable bonds is 6. The Hall–Kier alpha value is -3.42. The molecule has 1 N–H and O–H groups in total. The van der Waals surface area contributed by atoms with Crippen molar-refractivity contribution in [3.63, 3.8) is 0 Å². The first-order valence-corrected chi connectivity index (χ1v) is 7.45. The molecular weight excluding hydrogens is 328 g/mol. The predicted octanol–water partition coefficient (Wildman–Crippen LogP) is 2.68. The Balaban J connectivity index is 2.26. The zero-order valence-corrected chi connectivity index (χ0v) is 13.4. The molecule has 0 aliphatic carbocycles. The summed E-state index contributed by atoms with van der Waals surface area (Å²) in [5.41, 5.74) is 0.265. The van der Waals surface area contributed by atoms with Gasteiger partial charge in [0.15, 0.2) is 5.69 Å². The van der Waals surface area contributed by atoms with Gasteiger partial charge < -0.3 is 14.8 Å². The van der Waals surface area contributed by atoms with Crippen molar-refractivity contribution in [2.75, 3.05) is 11.9 Å². The van der Waals surface area contributed by atoms with E-state index < -0.39 is 16.8 Å². The fraction of sp³-hybridized carbons (Fsp3) is 0.176. The fourth-order valence-corrected chi connectivity index (χ4v) is 2.01. The van der Waals surface area contributed by atoms with E-state index in [9.17, 15) is 19.7 Å². The number of hydrogen-bond donors (Lipinski definition) is 1. The van der Waals surface area contributed by atoms with E-state index in [-0.39, 0.29) is 30.3 Å². The molecule has 0 bridgehead atoms. The lowest BCUT2D eigenvalue weighted by molar-refractivity contribution is -0.384. The molecule has 0 heterocycles. The molecule has 0 saturated carbocycles. The van der Waals surface area contributed by atoms with Crippen LogP contribution in [0.4, 0.5) is 11.4 Å². The topological polar surface area (TPSA) is 108 Å². The zero-order chi connectivity index (χ0) is 18.2. The zero-order valence-electron chi connectivity index (χ0n) is 13.4. The van der Waals surface area contributed by atoms with Crippen LogP contribution in [0.15, 0.2) is 48.5 Å². The van der Waals surface area contributed by atoms with Crippen molar-refractivity contribution in [3.8, 4) is 5.75 Å². The van der Waals surface area contributed by atoms with Crippen LogP contribution in [0.2, 0.25) is 0 Å². The molecule has 2 aromatic rings. The van der Waals surface area contributed by atoms with E-state index in [1.54, 1.807) is 6.92 Å². The number of para-hydroxylation sites is 1. The van der Waals surface area contributed by atoms with Gasteiger partial charge in [0, 0.05) is 6.07 Å². The van der Waals surface area contributed by atoms with E-state index in [0.29, 0.717) is 0 Å². The second-order valence-electron chi connectivity index (χ2n) is 4.86. The van der Waals surface area contributed by atoms with Gasteiger partial charge in [0.25, 0.3) is 5.69 Å². The highest BCUT2D eigenvalue weighted by Crippen LogP contribution is 2.34. The van der Waals surface area contributed by atoms with Crippen LogP contribution < -0.4 is 10.1 Å². The van der Waals surface area contributed by atoms with Gasteiger partial charge in [-0.2, -0.15) is 0 Å². The molecule has 1 amide bonds. The molecule has 8 nitrogen and oxygen atoms in total. The Morgan fingerprint density at radius 2 is 1.84 bits per heavy atom. The Morgan fingerprint density at radius 1 is 1.12 bits per heavy atom. The van der Waals surface area contributed by atoms with Gasteiger partial charge >= 0.3 is 11.9 Å². The summed E-state index contributed by atoms with van der Waals surface area (Å²) in [7, 11) is 0. The molecule has 8 heteroatoms. The minimum atomic E-state index is -1.13. The van der Waals surface area contributed by atoms with E-state index in [1.807, 2.05) is 30.3 Å². The Morgan fingerprint density at radius 3 is 2.48 bits per heavy atom. The van der Waals surface area contributed by atoms with Crippen molar-refractivity contribution < 1.29 is 24.0 Å². The van der Waals surface area contributed by atoms with E-state index in [1.165, 1.54) is 18.2 Å². The van der Waals surface area contributed by atoms with Crippen molar-refractivity contribution in [1.82, 2.24) is 0 Å². The van der Waals surface area contributed by atoms with Gasteiger partial charge in [-0.3, -0.25) is 14.9 Å². The number of esters is 1. The van der Waals surface area contributed by atoms with E-state index in [4.69, 9.17) is 4.74 Å². The van der Waals surface area contributed by atoms with Crippen LogP contribution in [0.1, 0.15) is 12.5 Å². The van der Waals surface area contributed by atoms with Crippen LogP contribution in [-0.4, -0.2) is 23.4 Å². The number of nitrogens with one attached hydrogen (secondary N) is 1. The number of carbonyl (C=O) groups is 2. The molecule has 2 aromatic carbocycles. The molecule has 0 saturated heterocycles. The van der Waals surface area contributed by atoms with Crippen LogP contribution in [0.25, 0.3) is 0 Å². The van der Waals surface area contributed by atoms with Gasteiger partial charge in [0.1, 0.15) is 12.4 Å². The molecule has 25 heavy (non-hydrogen) atoms. The minimum absolute atomic E-state index is 0.0144. The molecule has 0 aliphatic rings. The SMILES string of the molecule is CCOC(=O)C(=O)Nc1c(OCc2ccccc2)cccc1[N+](=O)[O-]. The van der Waals surface area contributed by atoms with E-state index >= 15 is 0 Å². The second-order valence-corrected chi connectivity index (χ2v) is 4.86. The largest absolute Gasteiger partial charge is 0.486 e. The molecule has 0 fully saturated rings. The van der Waals surface area contributed by atoms with Crippen LogP contribution in [0.5, 0.6) is 5.75 Å². The molecule has 0 radical (unpaired) electrons. The number of nitro groups is 1. The van der Waals surface area contributed by atoms with Crippen LogP contribution >= 0.6 is 0 Å². The maximum atomic E-state index is 11.8. The van der Waals surface area contributed by atoms with Crippen LogP contribution in [0, 0.1) is 10.1 Å². The van der Waals surface area contributed by atoms with Crippen LogP contribution in [0.3, 0.4) is 0 Å². The third kappa shape index (κ3) is 4.77. The van der Waals surface area contributed by atoms with Gasteiger partial charge in [0.2, 0.25) is 0 Å². The number of benzene rings is 2. The number of nitrogens with zero attached hydrogens (tertiary/aromatic N) is 1. The standard InChI is InChI=1S/C17H16N2O6/c1-2-24-17(21)16(20)18-15-13(19(22)23)9-6-10-14(15)25-11-12-7-4-3-5-8-12/h3-10H,2,11H2,1H3,(H,18,20). The highest BCUT2D eigenvalue weighted by Gasteiger charge is 2.24. The summed E-state index contributed by atoms with van der Waals surface area (Å²) in [6, 6.07) is 13.3. The number of anilines is 1. The monoisotopic (exact) mass is 344 g/mol. The average molecular weight is 344 g/mol. The molecule has 0 unspecified atom stereocenters. The average Bonchev–Trinajstić information content (AvgIpc) is 2.61. The normalized spacial score (nSPS) is 9.96. The Bertz CT molecular complexity index is 776. The smallest absolute Gasteiger partial charge is 0.397 e. The number of ether oxygens (including phenoxy) is 2. The predicted molar refractivity (Wildman–Crippen MR) is 89.1 cm³/mol. The maximum Gasteiger partial charge on any atom is 0.397 e. The van der Waals surface area contributed by atoms with Crippen molar-refractivity contribution in [2.24, 2.45) is 0 Å². The summed E-state index contributed by atoms with van der Waals surface area (Å²) >= 11 is 0. The van der Waals surface area contributed by atoms with Crippen molar-refractivity contribution in [2.45, 2.75) is 13.5 Å². The summed E-state index contributed by atoms with van der Waals surface area (Å²) in [4.78, 5) is 33.9. The summed E-state index contributed by atoms with van der Waals surface area (Å²) in [5.74, 6) is -2.16. The molecule has 130 valence electrons. The number of nitro benzene ring substituents is 1. The fourth-order valence-electron chi connectivity index (χ4n) is 2.01. The van der Waals surface area contributed by atoms with E-state index in [0.717, 1.165) is 5.56 Å². The summed E-state index contributed by atoms with van der Waals surface area (Å²) in [6.45, 7) is 1.70. The highest BCUT2D eigenvalue weighted by molar-refractivity contribution is 6.37. The van der Waals surface area contributed by atoms with Crippen molar-refractivity contribution in [3.05, 3.63) is 64.2 Å². The van der Waals surface area contributed by atoms with Crippen molar-refractivity contribution >= 4 is 23.3 Å². The van der Waals surface area contributed by atoms with Gasteiger partial charge in [-0.05, 0) is 18.6 Å². The summed E-state index contributed by atoms with van der Waals surface area (Å²) < 4.78 is 10.2. The Kier molecular flexibility index (Phi) is 6.05. The van der Waals surface area contributed by atoms with Crippen molar-refractivity contribution in [1.29, 1.82) is 0 Å². The minimum Gasteiger partial charge on any atom is -0.486 e. The molecular formula is C17H16N2O6. The van der Waals surface area contributed by atoms with Gasteiger partial charge in [-0.25, -0.2) is 4.79 Å². The van der Waals surface area contributed by atoms with Gasteiger partial charge in [-0.15, -0.1) is 0 Å². The van der Waals surface area contributed by atoms with Gasteiger partial charge in [0.05, 0.1) is 11.5 Å². The third-order valence-electron chi connectivity index (χ3n) is 3.14. The lowest BCUT2D eigenvalue weighted by atomic mass is 10.2. The summed E-state index contributed by atoms with van der Waals surface area (Å²) in [6.07, 6.45) is 0. The lowest BCUT2D eigenvalue weighted by Crippen LogP contribution is -2.25. The number of carbonyl (C=O) groups excluding carboxylic acids is 2.